The molecule has 0 saturated carbocycles. The Balaban J connectivity index is 2.39. The molecule has 1 heterocycles. The molecule has 1 nitrogen and oxygen atoms in total. The van der Waals surface area contributed by atoms with Gasteiger partial charge in [0.2, 0.25) is 0 Å². The lowest BCUT2D eigenvalue weighted by Gasteiger charge is -2.19. The van der Waals surface area contributed by atoms with E-state index in [4.69, 9.17) is 11.6 Å². The van der Waals surface area contributed by atoms with Crippen LogP contribution >= 0.6 is 38.9 Å². The first-order valence-corrected chi connectivity index (χ1v) is 7.54. The normalized spacial score (nSPS) is 12.6. The van der Waals surface area contributed by atoms with Crippen LogP contribution in [0.5, 0.6) is 0 Å². The molecule has 17 heavy (non-hydrogen) atoms. The molecule has 1 aromatic heterocycles. The Morgan fingerprint density at radius 1 is 1.41 bits per heavy atom. The zero-order valence-corrected chi connectivity index (χ0v) is 12.6. The fourth-order valence-corrected chi connectivity index (χ4v) is 3.38. The van der Waals surface area contributed by atoms with E-state index in [0.29, 0.717) is 0 Å². The third-order valence-corrected chi connectivity index (χ3v) is 4.18. The maximum Gasteiger partial charge on any atom is 0.0596 e. The summed E-state index contributed by atoms with van der Waals surface area (Å²) in [6.07, 6.45) is 0. The average molecular weight is 331 g/mol. The van der Waals surface area contributed by atoms with Crippen molar-refractivity contribution in [3.8, 4) is 0 Å². The van der Waals surface area contributed by atoms with Gasteiger partial charge in [0.1, 0.15) is 0 Å². The number of thiophene rings is 1. The maximum atomic E-state index is 5.98. The Morgan fingerprint density at radius 2 is 2.24 bits per heavy atom. The van der Waals surface area contributed by atoms with Crippen molar-refractivity contribution in [1.82, 2.24) is 5.32 Å². The Hall–Kier alpha value is -0.350. The van der Waals surface area contributed by atoms with E-state index in [1.807, 2.05) is 12.1 Å². The predicted octanol–water partition coefficient (Wildman–Crippen LogP) is 4.86. The van der Waals surface area contributed by atoms with Gasteiger partial charge in [-0.2, -0.15) is 11.3 Å². The highest BCUT2D eigenvalue weighted by atomic mass is 79.9. The molecule has 0 spiro atoms. The van der Waals surface area contributed by atoms with Crippen LogP contribution in [0.2, 0.25) is 5.02 Å². The zero-order chi connectivity index (χ0) is 12.3. The van der Waals surface area contributed by atoms with Crippen LogP contribution in [0.1, 0.15) is 24.1 Å². The van der Waals surface area contributed by atoms with E-state index in [0.717, 1.165) is 16.0 Å². The minimum absolute atomic E-state index is 0.220. The van der Waals surface area contributed by atoms with Crippen LogP contribution in [-0.2, 0) is 0 Å². The van der Waals surface area contributed by atoms with Crippen molar-refractivity contribution < 1.29 is 0 Å². The molecule has 1 N–H and O–H groups in total. The van der Waals surface area contributed by atoms with Crippen LogP contribution in [0.15, 0.2) is 39.5 Å². The number of benzene rings is 1. The molecule has 90 valence electrons. The van der Waals surface area contributed by atoms with E-state index in [2.05, 4.69) is 51.1 Å². The molecule has 0 bridgehead atoms. The number of nitrogens with one attached hydrogen (secondary N) is 1. The third-order valence-electron chi connectivity index (χ3n) is 2.56. The van der Waals surface area contributed by atoms with E-state index in [1.165, 1.54) is 11.1 Å². The van der Waals surface area contributed by atoms with Crippen LogP contribution in [0, 0.1) is 0 Å². The second-order valence-electron chi connectivity index (χ2n) is 3.71. The summed E-state index contributed by atoms with van der Waals surface area (Å²) in [5.74, 6) is 0. The number of hydrogen-bond acceptors (Lipinski definition) is 2. The molecule has 2 aromatic rings. The molecule has 0 aliphatic carbocycles. The predicted molar refractivity (Wildman–Crippen MR) is 79.0 cm³/mol. The Bertz CT molecular complexity index is 484. The largest absolute Gasteiger partial charge is 0.306 e. The van der Waals surface area contributed by atoms with Crippen molar-refractivity contribution in [2.75, 3.05) is 6.54 Å². The van der Waals surface area contributed by atoms with E-state index >= 15 is 0 Å². The first-order chi connectivity index (χ1) is 8.22. The molecule has 1 atom stereocenters. The summed E-state index contributed by atoms with van der Waals surface area (Å²) in [5, 5.41) is 8.52. The Kier molecular flexibility index (Phi) is 4.62. The second-order valence-corrected chi connectivity index (χ2v) is 5.78. The van der Waals surface area contributed by atoms with Crippen LogP contribution in [0.3, 0.4) is 0 Å². The van der Waals surface area contributed by atoms with Gasteiger partial charge in [0.25, 0.3) is 0 Å². The lowest BCUT2D eigenvalue weighted by Crippen LogP contribution is -2.21. The number of rotatable bonds is 4. The molecule has 0 amide bonds. The molecule has 1 aromatic carbocycles. The highest BCUT2D eigenvalue weighted by molar-refractivity contribution is 9.10. The zero-order valence-electron chi connectivity index (χ0n) is 9.41. The summed E-state index contributed by atoms with van der Waals surface area (Å²) in [5.41, 5.74) is 2.51. The van der Waals surface area contributed by atoms with Gasteiger partial charge < -0.3 is 5.32 Å². The van der Waals surface area contributed by atoms with Crippen molar-refractivity contribution in [2.24, 2.45) is 0 Å². The first kappa shape index (κ1) is 13.1. The van der Waals surface area contributed by atoms with Crippen molar-refractivity contribution in [3.63, 3.8) is 0 Å². The third kappa shape index (κ3) is 3.10. The Morgan fingerprint density at radius 3 is 2.82 bits per heavy atom. The van der Waals surface area contributed by atoms with Gasteiger partial charge in [0.05, 0.1) is 6.04 Å². The maximum absolute atomic E-state index is 5.98. The standard InChI is InChI=1S/C13H13BrClNS/c1-2-16-13(9-5-6-17-8-9)11-4-3-10(15)7-12(11)14/h3-8,13,16H,2H2,1H3. The van der Waals surface area contributed by atoms with Gasteiger partial charge in [-0.1, -0.05) is 40.5 Å². The van der Waals surface area contributed by atoms with Crippen molar-refractivity contribution in [3.05, 3.63) is 55.6 Å². The summed E-state index contributed by atoms with van der Waals surface area (Å²) in [4.78, 5) is 0. The molecule has 0 saturated heterocycles. The van der Waals surface area contributed by atoms with E-state index in [1.54, 1.807) is 11.3 Å². The second kappa shape index (κ2) is 6.01. The summed E-state index contributed by atoms with van der Waals surface area (Å²) >= 11 is 11.3. The molecule has 0 radical (unpaired) electrons. The average Bonchev–Trinajstić information content (AvgIpc) is 2.80. The van der Waals surface area contributed by atoms with Crippen LogP contribution in [0.4, 0.5) is 0 Å². The fraction of sp³-hybridized carbons (Fsp3) is 0.231. The van der Waals surface area contributed by atoms with Gasteiger partial charge in [-0.3, -0.25) is 0 Å². The fourth-order valence-electron chi connectivity index (χ4n) is 1.79. The van der Waals surface area contributed by atoms with Gasteiger partial charge in [-0.25, -0.2) is 0 Å². The molecule has 0 fully saturated rings. The van der Waals surface area contributed by atoms with Gasteiger partial charge in [-0.05, 0) is 46.6 Å². The lowest BCUT2D eigenvalue weighted by molar-refractivity contribution is 0.630. The van der Waals surface area contributed by atoms with E-state index < -0.39 is 0 Å². The number of halogens is 2. The van der Waals surface area contributed by atoms with Crippen molar-refractivity contribution >= 4 is 38.9 Å². The molecule has 4 heteroatoms. The smallest absolute Gasteiger partial charge is 0.0596 e. The summed E-state index contributed by atoms with van der Waals surface area (Å²) < 4.78 is 1.04. The SMILES string of the molecule is CCNC(c1ccsc1)c1ccc(Cl)cc1Br. The highest BCUT2D eigenvalue weighted by Gasteiger charge is 2.16. The monoisotopic (exact) mass is 329 g/mol. The summed E-state index contributed by atoms with van der Waals surface area (Å²) in [6, 6.07) is 8.31. The topological polar surface area (TPSA) is 12.0 Å². The van der Waals surface area contributed by atoms with Crippen molar-refractivity contribution in [1.29, 1.82) is 0 Å². The summed E-state index contributed by atoms with van der Waals surface area (Å²) in [6.45, 7) is 3.04. The van der Waals surface area contributed by atoms with Gasteiger partial charge >= 0.3 is 0 Å². The number of hydrogen-bond donors (Lipinski definition) is 1. The highest BCUT2D eigenvalue weighted by Crippen LogP contribution is 2.31. The van der Waals surface area contributed by atoms with Crippen molar-refractivity contribution in [2.45, 2.75) is 13.0 Å². The van der Waals surface area contributed by atoms with Crippen LogP contribution in [-0.4, -0.2) is 6.54 Å². The molecule has 0 aliphatic rings. The first-order valence-electron chi connectivity index (χ1n) is 5.42. The molecule has 0 aliphatic heterocycles. The lowest BCUT2D eigenvalue weighted by atomic mass is 10.0. The minimum atomic E-state index is 0.220. The quantitative estimate of drug-likeness (QED) is 0.844. The van der Waals surface area contributed by atoms with E-state index in [9.17, 15) is 0 Å². The minimum Gasteiger partial charge on any atom is -0.306 e. The van der Waals surface area contributed by atoms with Gasteiger partial charge in [0.15, 0.2) is 0 Å². The van der Waals surface area contributed by atoms with Crippen LogP contribution < -0.4 is 5.32 Å². The Labute approximate surface area is 119 Å². The summed E-state index contributed by atoms with van der Waals surface area (Å²) in [7, 11) is 0. The van der Waals surface area contributed by atoms with Gasteiger partial charge in [0, 0.05) is 9.50 Å². The molecule has 1 unspecified atom stereocenters. The van der Waals surface area contributed by atoms with E-state index in [-0.39, 0.29) is 6.04 Å². The molecular weight excluding hydrogens is 318 g/mol. The van der Waals surface area contributed by atoms with Crippen LogP contribution in [0.25, 0.3) is 0 Å². The molecule has 2 rings (SSSR count). The molecular formula is C13H13BrClNS. The van der Waals surface area contributed by atoms with Gasteiger partial charge in [-0.15, -0.1) is 0 Å².